The lowest BCUT2D eigenvalue weighted by molar-refractivity contribution is 0.413. The molecule has 0 saturated carbocycles. The Morgan fingerprint density at radius 2 is 1.80 bits per heavy atom. The number of benzene rings is 2. The molecular weight excluding hydrogens is 260 g/mol. The molecule has 1 atom stereocenters. The summed E-state index contributed by atoms with van der Waals surface area (Å²) in [5, 5.41) is 3.27. The third-order valence-electron chi connectivity index (χ3n) is 3.11. The van der Waals surface area contributed by atoms with Crippen molar-refractivity contribution in [1.82, 2.24) is 5.32 Å². The van der Waals surface area contributed by atoms with Gasteiger partial charge in [0.1, 0.15) is 5.75 Å². The summed E-state index contributed by atoms with van der Waals surface area (Å²) in [5.74, 6) is -0.948. The molecule has 0 radical (unpaired) electrons. The Morgan fingerprint density at radius 1 is 1.05 bits per heavy atom. The van der Waals surface area contributed by atoms with Gasteiger partial charge in [-0.15, -0.1) is 0 Å². The number of methoxy groups -OCH3 is 1. The van der Waals surface area contributed by atoms with E-state index in [0.717, 1.165) is 17.4 Å². The van der Waals surface area contributed by atoms with Gasteiger partial charge in [-0.1, -0.05) is 25.1 Å². The lowest BCUT2D eigenvalue weighted by Gasteiger charge is -2.19. The molecule has 0 heterocycles. The molecule has 0 aliphatic heterocycles. The second-order valence-electron chi connectivity index (χ2n) is 4.44. The molecule has 0 aliphatic carbocycles. The van der Waals surface area contributed by atoms with E-state index < -0.39 is 11.6 Å². The van der Waals surface area contributed by atoms with E-state index >= 15 is 0 Å². The van der Waals surface area contributed by atoms with Crippen molar-refractivity contribution in [3.05, 3.63) is 65.2 Å². The molecule has 2 aromatic carbocycles. The van der Waals surface area contributed by atoms with Crippen LogP contribution in [0.4, 0.5) is 8.78 Å². The van der Waals surface area contributed by atoms with Gasteiger partial charge in [-0.25, -0.2) is 8.78 Å². The van der Waals surface area contributed by atoms with Gasteiger partial charge in [0.25, 0.3) is 0 Å². The Kier molecular flexibility index (Phi) is 4.69. The molecule has 0 spiro atoms. The third kappa shape index (κ3) is 3.14. The van der Waals surface area contributed by atoms with Crippen molar-refractivity contribution in [2.24, 2.45) is 0 Å². The highest BCUT2D eigenvalue weighted by atomic mass is 19.2. The minimum atomic E-state index is -0.840. The number of ether oxygens (including phenoxy) is 1. The van der Waals surface area contributed by atoms with Gasteiger partial charge < -0.3 is 10.1 Å². The first-order chi connectivity index (χ1) is 9.65. The maximum Gasteiger partial charge on any atom is 0.159 e. The summed E-state index contributed by atoms with van der Waals surface area (Å²) in [7, 11) is 1.60. The summed E-state index contributed by atoms with van der Waals surface area (Å²) >= 11 is 0. The normalized spacial score (nSPS) is 12.2. The highest BCUT2D eigenvalue weighted by Crippen LogP contribution is 2.26. The van der Waals surface area contributed by atoms with Crippen molar-refractivity contribution in [2.45, 2.75) is 13.0 Å². The molecule has 0 aliphatic rings. The fourth-order valence-electron chi connectivity index (χ4n) is 2.15. The Bertz CT molecular complexity index is 586. The van der Waals surface area contributed by atoms with Gasteiger partial charge in [-0.05, 0) is 41.9 Å². The van der Waals surface area contributed by atoms with Crippen LogP contribution in [0.1, 0.15) is 24.1 Å². The first-order valence-electron chi connectivity index (χ1n) is 6.48. The van der Waals surface area contributed by atoms with Crippen LogP contribution in [0, 0.1) is 11.6 Å². The molecule has 20 heavy (non-hydrogen) atoms. The Morgan fingerprint density at radius 3 is 2.45 bits per heavy atom. The van der Waals surface area contributed by atoms with Crippen molar-refractivity contribution in [3.63, 3.8) is 0 Å². The minimum absolute atomic E-state index is 0.204. The van der Waals surface area contributed by atoms with Crippen LogP contribution in [-0.2, 0) is 0 Å². The van der Waals surface area contributed by atoms with Gasteiger partial charge >= 0.3 is 0 Å². The average molecular weight is 277 g/mol. The number of hydrogen-bond acceptors (Lipinski definition) is 2. The van der Waals surface area contributed by atoms with E-state index in [0.29, 0.717) is 12.1 Å². The van der Waals surface area contributed by atoms with Crippen molar-refractivity contribution < 1.29 is 13.5 Å². The van der Waals surface area contributed by atoms with E-state index in [1.807, 2.05) is 31.2 Å². The number of rotatable bonds is 5. The Hall–Kier alpha value is -1.94. The SMILES string of the molecule is CCNC(c1cccc(OC)c1)c1ccc(F)c(F)c1. The molecular formula is C16H17F2NO. The summed E-state index contributed by atoms with van der Waals surface area (Å²) in [4.78, 5) is 0. The van der Waals surface area contributed by atoms with Gasteiger partial charge in [0.15, 0.2) is 11.6 Å². The van der Waals surface area contributed by atoms with Crippen molar-refractivity contribution >= 4 is 0 Å². The molecule has 4 heteroatoms. The molecule has 0 fully saturated rings. The highest BCUT2D eigenvalue weighted by Gasteiger charge is 2.15. The summed E-state index contributed by atoms with van der Waals surface area (Å²) in [6.07, 6.45) is 0. The van der Waals surface area contributed by atoms with Crippen LogP contribution >= 0.6 is 0 Å². The molecule has 0 amide bonds. The smallest absolute Gasteiger partial charge is 0.159 e. The number of nitrogens with one attached hydrogen (secondary N) is 1. The summed E-state index contributed by atoms with van der Waals surface area (Å²) in [6.45, 7) is 2.67. The van der Waals surface area contributed by atoms with Crippen molar-refractivity contribution in [2.75, 3.05) is 13.7 Å². The summed E-state index contributed by atoms with van der Waals surface area (Å²) in [5.41, 5.74) is 1.62. The summed E-state index contributed by atoms with van der Waals surface area (Å²) in [6, 6.07) is 11.3. The maximum atomic E-state index is 13.4. The first-order valence-corrected chi connectivity index (χ1v) is 6.48. The second-order valence-corrected chi connectivity index (χ2v) is 4.44. The number of hydrogen-bond donors (Lipinski definition) is 1. The predicted molar refractivity (Wildman–Crippen MR) is 74.9 cm³/mol. The lowest BCUT2D eigenvalue weighted by atomic mass is 9.98. The zero-order valence-corrected chi connectivity index (χ0v) is 11.5. The van der Waals surface area contributed by atoms with E-state index in [1.54, 1.807) is 13.2 Å². The molecule has 106 valence electrons. The Balaban J connectivity index is 2.41. The lowest BCUT2D eigenvalue weighted by Crippen LogP contribution is -2.22. The second kappa shape index (κ2) is 6.48. The van der Waals surface area contributed by atoms with Gasteiger partial charge in [0.2, 0.25) is 0 Å². The minimum Gasteiger partial charge on any atom is -0.497 e. The molecule has 0 saturated heterocycles. The molecule has 0 bridgehead atoms. The maximum absolute atomic E-state index is 13.4. The molecule has 2 aromatic rings. The molecule has 1 unspecified atom stereocenters. The fraction of sp³-hybridized carbons (Fsp3) is 0.250. The van der Waals surface area contributed by atoms with Gasteiger partial charge in [0, 0.05) is 0 Å². The van der Waals surface area contributed by atoms with Crippen LogP contribution in [0.15, 0.2) is 42.5 Å². The van der Waals surface area contributed by atoms with E-state index in [1.165, 1.54) is 6.07 Å². The van der Waals surface area contributed by atoms with E-state index in [-0.39, 0.29) is 6.04 Å². The molecule has 1 N–H and O–H groups in total. The van der Waals surface area contributed by atoms with Gasteiger partial charge in [-0.2, -0.15) is 0 Å². The van der Waals surface area contributed by atoms with Crippen LogP contribution < -0.4 is 10.1 Å². The van der Waals surface area contributed by atoms with Crippen LogP contribution in [-0.4, -0.2) is 13.7 Å². The van der Waals surface area contributed by atoms with Crippen LogP contribution in [0.3, 0.4) is 0 Å². The third-order valence-corrected chi connectivity index (χ3v) is 3.11. The quantitative estimate of drug-likeness (QED) is 0.900. The van der Waals surface area contributed by atoms with Crippen LogP contribution in [0.5, 0.6) is 5.75 Å². The predicted octanol–water partition coefficient (Wildman–Crippen LogP) is 3.67. The zero-order valence-electron chi connectivity index (χ0n) is 11.5. The van der Waals surface area contributed by atoms with Crippen molar-refractivity contribution in [1.29, 1.82) is 0 Å². The van der Waals surface area contributed by atoms with E-state index in [9.17, 15) is 8.78 Å². The van der Waals surface area contributed by atoms with Crippen molar-refractivity contribution in [3.8, 4) is 5.75 Å². The topological polar surface area (TPSA) is 21.3 Å². The molecule has 0 aromatic heterocycles. The molecule has 2 nitrogen and oxygen atoms in total. The fourth-order valence-corrected chi connectivity index (χ4v) is 2.15. The monoisotopic (exact) mass is 277 g/mol. The number of halogens is 2. The van der Waals surface area contributed by atoms with E-state index in [2.05, 4.69) is 5.32 Å². The largest absolute Gasteiger partial charge is 0.497 e. The molecule has 2 rings (SSSR count). The standard InChI is InChI=1S/C16H17F2NO/c1-3-19-16(11-5-4-6-13(9-11)20-2)12-7-8-14(17)15(18)10-12/h4-10,16,19H,3H2,1-2H3. The summed E-state index contributed by atoms with van der Waals surface area (Å²) < 4.78 is 31.7. The van der Waals surface area contributed by atoms with Crippen LogP contribution in [0.25, 0.3) is 0 Å². The van der Waals surface area contributed by atoms with E-state index in [4.69, 9.17) is 4.74 Å². The average Bonchev–Trinajstić information content (AvgIpc) is 2.48. The van der Waals surface area contributed by atoms with Gasteiger partial charge in [-0.3, -0.25) is 0 Å². The first kappa shape index (κ1) is 14.5. The Labute approximate surface area is 117 Å². The highest BCUT2D eigenvalue weighted by molar-refractivity contribution is 5.37. The zero-order chi connectivity index (χ0) is 14.5. The van der Waals surface area contributed by atoms with Crippen LogP contribution in [0.2, 0.25) is 0 Å². The van der Waals surface area contributed by atoms with Gasteiger partial charge in [0.05, 0.1) is 13.2 Å².